The van der Waals surface area contributed by atoms with Gasteiger partial charge in [-0.15, -0.1) is 0 Å². The monoisotopic (exact) mass is 279 g/mol. The summed E-state index contributed by atoms with van der Waals surface area (Å²) in [6, 6.07) is -0.148. The maximum absolute atomic E-state index is 12.4. The molecule has 0 bridgehead atoms. The van der Waals surface area contributed by atoms with E-state index in [0.29, 0.717) is 0 Å². The number of nitrogens with two attached hydrogens (primary N) is 1. The molecule has 10 heteroatoms. The Labute approximate surface area is 95.5 Å². The van der Waals surface area contributed by atoms with Crippen LogP contribution in [0.25, 0.3) is 0 Å². The lowest BCUT2D eigenvalue weighted by atomic mass is 10.1. The third kappa shape index (κ3) is 2.91. The summed E-state index contributed by atoms with van der Waals surface area (Å²) >= 11 is 5.12. The Balaban J connectivity index is 3.49. The normalized spacial score (nSPS) is 12.7. The van der Waals surface area contributed by atoms with Crippen LogP contribution in [0.5, 0.6) is 0 Å². The van der Waals surface area contributed by atoms with Crippen LogP contribution < -0.4 is 11.3 Å². The molecule has 0 saturated carbocycles. The average molecular weight is 280 g/mol. The Morgan fingerprint density at radius 2 is 1.53 bits per heavy atom. The summed E-state index contributed by atoms with van der Waals surface area (Å²) in [4.78, 5) is 2.91. The molecule has 0 aliphatic heterocycles. The maximum Gasteiger partial charge on any atom is 0.420 e. The second-order valence-electron chi connectivity index (χ2n) is 2.86. The van der Waals surface area contributed by atoms with E-state index in [2.05, 4.69) is 4.98 Å². The molecule has 0 spiro atoms. The van der Waals surface area contributed by atoms with Gasteiger partial charge in [-0.2, -0.15) is 26.3 Å². The molecule has 0 saturated heterocycles. The van der Waals surface area contributed by atoms with Gasteiger partial charge >= 0.3 is 12.4 Å². The number of hydrazine groups is 1. The molecule has 0 aliphatic carbocycles. The predicted octanol–water partition coefficient (Wildman–Crippen LogP) is 3.06. The highest BCUT2D eigenvalue weighted by Crippen LogP contribution is 2.40. The van der Waals surface area contributed by atoms with Crippen molar-refractivity contribution < 1.29 is 26.3 Å². The molecule has 3 N–H and O–H groups in total. The Bertz CT molecular complexity index is 427. The van der Waals surface area contributed by atoms with Crippen molar-refractivity contribution in [1.82, 2.24) is 4.98 Å². The molecule has 1 heterocycles. The van der Waals surface area contributed by atoms with E-state index in [0.717, 1.165) is 0 Å². The van der Waals surface area contributed by atoms with E-state index in [9.17, 15) is 26.3 Å². The standard InChI is InChI=1S/C7H4ClF6N3/c8-4-2(6(9,10)11)1-3(7(12,13)14)5(16-4)17-15/h1H,15H2,(H,16,17). The van der Waals surface area contributed by atoms with Gasteiger partial charge in [-0.1, -0.05) is 11.6 Å². The highest BCUT2D eigenvalue weighted by Gasteiger charge is 2.41. The Morgan fingerprint density at radius 1 is 1.06 bits per heavy atom. The minimum absolute atomic E-state index is 0.148. The molecule has 0 radical (unpaired) electrons. The zero-order valence-electron chi connectivity index (χ0n) is 7.75. The molecule has 0 aliphatic rings. The molecule has 0 amide bonds. The van der Waals surface area contributed by atoms with Gasteiger partial charge in [0.25, 0.3) is 0 Å². The number of nitrogens with zero attached hydrogens (tertiary/aromatic N) is 1. The topological polar surface area (TPSA) is 50.9 Å². The first kappa shape index (κ1) is 13.8. The number of halogens is 7. The van der Waals surface area contributed by atoms with Crippen LogP contribution in [0.3, 0.4) is 0 Å². The molecular formula is C7H4ClF6N3. The number of hydrogen-bond acceptors (Lipinski definition) is 3. The van der Waals surface area contributed by atoms with Crippen molar-refractivity contribution >= 4 is 17.4 Å². The van der Waals surface area contributed by atoms with Crippen LogP contribution in [0.15, 0.2) is 6.07 Å². The van der Waals surface area contributed by atoms with Crippen LogP contribution in [0, 0.1) is 0 Å². The highest BCUT2D eigenvalue weighted by atomic mass is 35.5. The minimum atomic E-state index is -5.03. The SMILES string of the molecule is NNc1nc(Cl)c(C(F)(F)F)cc1C(F)(F)F. The van der Waals surface area contributed by atoms with Crippen molar-refractivity contribution in [3.63, 3.8) is 0 Å². The maximum atomic E-state index is 12.4. The fraction of sp³-hybridized carbons (Fsp3) is 0.286. The number of nitrogen functional groups attached to an aromatic ring is 1. The molecule has 1 aromatic rings. The van der Waals surface area contributed by atoms with Crippen molar-refractivity contribution in [2.75, 3.05) is 5.43 Å². The van der Waals surface area contributed by atoms with Crippen LogP contribution in [-0.4, -0.2) is 4.98 Å². The van der Waals surface area contributed by atoms with Crippen LogP contribution in [0.4, 0.5) is 32.2 Å². The molecular weight excluding hydrogens is 276 g/mol. The molecule has 3 nitrogen and oxygen atoms in total. The van der Waals surface area contributed by atoms with E-state index in [4.69, 9.17) is 17.4 Å². The van der Waals surface area contributed by atoms with Gasteiger partial charge in [0.1, 0.15) is 5.15 Å². The summed E-state index contributed by atoms with van der Waals surface area (Å²) in [6.45, 7) is 0. The van der Waals surface area contributed by atoms with Gasteiger partial charge in [-0.25, -0.2) is 10.8 Å². The highest BCUT2D eigenvalue weighted by molar-refractivity contribution is 6.30. The number of nitrogens with one attached hydrogen (secondary N) is 1. The van der Waals surface area contributed by atoms with Crippen molar-refractivity contribution in [2.24, 2.45) is 5.84 Å². The lowest BCUT2D eigenvalue weighted by Crippen LogP contribution is -2.19. The molecule has 96 valence electrons. The van der Waals surface area contributed by atoms with Gasteiger partial charge in [0, 0.05) is 0 Å². The largest absolute Gasteiger partial charge is 0.420 e. The van der Waals surface area contributed by atoms with Gasteiger partial charge in [0.2, 0.25) is 0 Å². The first-order chi connectivity index (χ1) is 7.57. The van der Waals surface area contributed by atoms with Gasteiger partial charge in [-0.3, -0.25) is 0 Å². The lowest BCUT2D eigenvalue weighted by Gasteiger charge is -2.15. The van der Waals surface area contributed by atoms with Crippen LogP contribution >= 0.6 is 11.6 Å². The number of alkyl halides is 6. The smallest absolute Gasteiger partial charge is 0.308 e. The fourth-order valence-electron chi connectivity index (χ4n) is 1.02. The molecule has 0 fully saturated rings. The zero-order chi connectivity index (χ0) is 13.4. The zero-order valence-corrected chi connectivity index (χ0v) is 8.50. The minimum Gasteiger partial charge on any atom is -0.308 e. The van der Waals surface area contributed by atoms with E-state index in [1.54, 1.807) is 0 Å². The lowest BCUT2D eigenvalue weighted by molar-refractivity contribution is -0.143. The Kier molecular flexibility index (Phi) is 3.44. The number of pyridine rings is 1. The second kappa shape index (κ2) is 4.22. The van der Waals surface area contributed by atoms with E-state index in [1.165, 1.54) is 5.43 Å². The molecule has 1 aromatic heterocycles. The summed E-state index contributed by atoms with van der Waals surface area (Å²) in [6.07, 6.45) is -10.1. The van der Waals surface area contributed by atoms with E-state index < -0.39 is 34.5 Å². The van der Waals surface area contributed by atoms with Gasteiger partial charge in [0.15, 0.2) is 5.82 Å². The van der Waals surface area contributed by atoms with Crippen molar-refractivity contribution in [3.05, 3.63) is 22.3 Å². The third-order valence-corrected chi connectivity index (χ3v) is 2.01. The van der Waals surface area contributed by atoms with Crippen molar-refractivity contribution in [1.29, 1.82) is 0 Å². The molecule has 0 unspecified atom stereocenters. The van der Waals surface area contributed by atoms with Crippen molar-refractivity contribution in [3.8, 4) is 0 Å². The van der Waals surface area contributed by atoms with E-state index in [1.807, 2.05) is 0 Å². The number of hydrogen-bond donors (Lipinski definition) is 2. The van der Waals surface area contributed by atoms with Gasteiger partial charge < -0.3 is 5.43 Å². The molecule has 0 aromatic carbocycles. The van der Waals surface area contributed by atoms with Crippen molar-refractivity contribution in [2.45, 2.75) is 12.4 Å². The van der Waals surface area contributed by atoms with Crippen LogP contribution in [0.1, 0.15) is 11.1 Å². The van der Waals surface area contributed by atoms with Crippen LogP contribution in [0.2, 0.25) is 5.15 Å². The first-order valence-corrected chi connectivity index (χ1v) is 4.26. The van der Waals surface area contributed by atoms with Gasteiger partial charge in [0.05, 0.1) is 11.1 Å². The first-order valence-electron chi connectivity index (χ1n) is 3.89. The second-order valence-corrected chi connectivity index (χ2v) is 3.22. The third-order valence-electron chi connectivity index (χ3n) is 1.72. The van der Waals surface area contributed by atoms with E-state index >= 15 is 0 Å². The number of rotatable bonds is 1. The van der Waals surface area contributed by atoms with Crippen LogP contribution in [-0.2, 0) is 12.4 Å². The Morgan fingerprint density at radius 3 is 1.88 bits per heavy atom. The average Bonchev–Trinajstić information content (AvgIpc) is 2.13. The quantitative estimate of drug-likeness (QED) is 0.359. The summed E-state index contributed by atoms with van der Waals surface area (Å²) in [7, 11) is 0. The summed E-state index contributed by atoms with van der Waals surface area (Å²) < 4.78 is 74.1. The molecule has 1 rings (SSSR count). The Hall–Kier alpha value is -1.22. The number of aromatic nitrogens is 1. The number of anilines is 1. The predicted molar refractivity (Wildman–Crippen MR) is 47.1 cm³/mol. The van der Waals surface area contributed by atoms with Gasteiger partial charge in [-0.05, 0) is 6.07 Å². The summed E-state index contributed by atoms with van der Waals surface area (Å²) in [5.41, 5.74) is -1.78. The summed E-state index contributed by atoms with van der Waals surface area (Å²) in [5.74, 6) is 3.75. The molecule has 0 atom stereocenters. The van der Waals surface area contributed by atoms with E-state index in [-0.39, 0.29) is 6.07 Å². The molecule has 17 heavy (non-hydrogen) atoms. The fourth-order valence-corrected chi connectivity index (χ4v) is 1.26. The summed E-state index contributed by atoms with van der Waals surface area (Å²) in [5, 5.41) is -1.11.